The Hall–Kier alpha value is -1.97. The van der Waals surface area contributed by atoms with Crippen molar-refractivity contribution in [3.05, 3.63) is 40.0 Å². The lowest BCUT2D eigenvalue weighted by Gasteiger charge is -2.47. The van der Waals surface area contributed by atoms with Crippen LogP contribution in [0.3, 0.4) is 0 Å². The van der Waals surface area contributed by atoms with Gasteiger partial charge in [0.15, 0.2) is 0 Å². The summed E-state index contributed by atoms with van der Waals surface area (Å²) in [5.74, 6) is 0.817. The summed E-state index contributed by atoms with van der Waals surface area (Å²) >= 11 is 0. The maximum atomic E-state index is 12.2. The van der Waals surface area contributed by atoms with Crippen LogP contribution in [0.4, 0.5) is 0 Å². The fraction of sp³-hybridized carbons (Fsp3) is 0.654. The van der Waals surface area contributed by atoms with E-state index in [4.69, 9.17) is 14.2 Å². The number of esters is 1. The molecule has 0 radical (unpaired) electrons. The van der Waals surface area contributed by atoms with Gasteiger partial charge in [-0.1, -0.05) is 32.9 Å². The van der Waals surface area contributed by atoms with Crippen LogP contribution in [0.2, 0.25) is 0 Å². The van der Waals surface area contributed by atoms with E-state index < -0.39 is 37.3 Å². The van der Waals surface area contributed by atoms with Crippen LogP contribution in [0, 0.1) is 5.92 Å². The predicted molar refractivity (Wildman–Crippen MR) is 121 cm³/mol. The molecule has 8 heteroatoms. The predicted octanol–water partition coefficient (Wildman–Crippen LogP) is 1.46. The zero-order chi connectivity index (χ0) is 24.4. The number of hydrogen-bond acceptors (Lipinski definition) is 8. The van der Waals surface area contributed by atoms with Gasteiger partial charge in [0.05, 0.1) is 6.61 Å². The SMILES string of the molecule is CC(C)c1ccc2c(c1O[C@@H]1O[C@H](CO)[C@@H](O)[C@H](O)[C@H]1O)CC[C@H]1C3=C(CC[C@]21C)C(=O)OC3. The highest BCUT2D eigenvalue weighted by molar-refractivity contribution is 5.92. The highest BCUT2D eigenvalue weighted by Gasteiger charge is 2.50. The van der Waals surface area contributed by atoms with Gasteiger partial charge in [-0.2, -0.15) is 0 Å². The van der Waals surface area contributed by atoms with Crippen molar-refractivity contribution in [2.45, 2.75) is 88.5 Å². The lowest BCUT2D eigenvalue weighted by Crippen LogP contribution is -2.60. The third-order valence-electron chi connectivity index (χ3n) is 8.37. The van der Waals surface area contributed by atoms with Crippen LogP contribution < -0.4 is 4.74 Å². The number of benzene rings is 1. The number of carbonyl (C=O) groups excluding carboxylic acids is 1. The van der Waals surface area contributed by atoms with E-state index in [1.807, 2.05) is 0 Å². The van der Waals surface area contributed by atoms with E-state index in [1.54, 1.807) is 0 Å². The van der Waals surface area contributed by atoms with Gasteiger partial charge in [0.25, 0.3) is 0 Å². The summed E-state index contributed by atoms with van der Waals surface area (Å²) in [4.78, 5) is 12.2. The molecule has 0 spiro atoms. The van der Waals surface area contributed by atoms with E-state index in [0.717, 1.165) is 41.5 Å². The van der Waals surface area contributed by atoms with Gasteiger partial charge in [-0.05, 0) is 65.2 Å². The number of aliphatic hydroxyl groups excluding tert-OH is 4. The molecule has 2 aliphatic heterocycles. The topological polar surface area (TPSA) is 126 Å². The van der Waals surface area contributed by atoms with Crippen LogP contribution >= 0.6 is 0 Å². The summed E-state index contributed by atoms with van der Waals surface area (Å²) in [5, 5.41) is 40.6. The molecule has 2 aliphatic carbocycles. The normalized spacial score (nSPS) is 37.2. The van der Waals surface area contributed by atoms with Crippen LogP contribution in [-0.2, 0) is 26.1 Å². The Morgan fingerprint density at radius 1 is 1.15 bits per heavy atom. The zero-order valence-corrected chi connectivity index (χ0v) is 19.9. The van der Waals surface area contributed by atoms with Gasteiger partial charge < -0.3 is 34.6 Å². The fourth-order valence-electron chi connectivity index (χ4n) is 6.37. The second-order valence-electron chi connectivity index (χ2n) is 10.6. The first-order valence-corrected chi connectivity index (χ1v) is 12.2. The van der Waals surface area contributed by atoms with E-state index in [2.05, 4.69) is 32.9 Å². The van der Waals surface area contributed by atoms with E-state index >= 15 is 0 Å². The molecule has 1 saturated heterocycles. The second-order valence-corrected chi connectivity index (χ2v) is 10.6. The van der Waals surface area contributed by atoms with Crippen molar-refractivity contribution in [1.29, 1.82) is 0 Å². The first-order valence-electron chi connectivity index (χ1n) is 12.2. The lowest BCUT2D eigenvalue weighted by molar-refractivity contribution is -0.277. The Labute approximate surface area is 199 Å². The molecule has 4 N–H and O–H groups in total. The summed E-state index contributed by atoms with van der Waals surface area (Å²) < 4.78 is 17.3. The van der Waals surface area contributed by atoms with Crippen molar-refractivity contribution >= 4 is 5.97 Å². The molecule has 0 amide bonds. The summed E-state index contributed by atoms with van der Waals surface area (Å²) in [7, 11) is 0. The third-order valence-corrected chi connectivity index (χ3v) is 8.37. The summed E-state index contributed by atoms with van der Waals surface area (Å²) in [5.41, 5.74) is 4.99. The van der Waals surface area contributed by atoms with Gasteiger partial charge in [0, 0.05) is 5.57 Å². The molecule has 0 bridgehead atoms. The third kappa shape index (κ3) is 3.50. The Morgan fingerprint density at radius 3 is 2.62 bits per heavy atom. The monoisotopic (exact) mass is 474 g/mol. The van der Waals surface area contributed by atoms with Crippen molar-refractivity contribution < 1.29 is 39.4 Å². The Balaban J connectivity index is 1.55. The quantitative estimate of drug-likeness (QED) is 0.484. The molecule has 1 aromatic carbocycles. The minimum Gasteiger partial charge on any atom is -0.461 e. The largest absolute Gasteiger partial charge is 0.461 e. The van der Waals surface area contributed by atoms with Crippen molar-refractivity contribution in [3.63, 3.8) is 0 Å². The number of cyclic esters (lactones) is 1. The number of fused-ring (bicyclic) bond motifs is 4. The van der Waals surface area contributed by atoms with Crippen LogP contribution in [0.15, 0.2) is 23.3 Å². The van der Waals surface area contributed by atoms with Crippen molar-refractivity contribution in [3.8, 4) is 5.75 Å². The lowest BCUT2D eigenvalue weighted by atomic mass is 9.56. The number of hydrogen-bond donors (Lipinski definition) is 4. The van der Waals surface area contributed by atoms with Crippen molar-refractivity contribution in [2.75, 3.05) is 13.2 Å². The average molecular weight is 475 g/mol. The zero-order valence-electron chi connectivity index (χ0n) is 19.9. The molecule has 7 atom stereocenters. The van der Waals surface area contributed by atoms with Crippen LogP contribution in [-0.4, -0.2) is 70.3 Å². The van der Waals surface area contributed by atoms with Gasteiger partial charge in [-0.25, -0.2) is 4.79 Å². The molecule has 1 aromatic rings. The standard InChI is InChI=1S/C26H34O8/c1-12(2)13-4-6-17-15(23(13)34-25-22(30)21(29)20(28)19(10-27)33-25)5-7-18-16-11-32-24(31)14(16)8-9-26(17,18)3/h4,6,12,18-22,25,27-30H,5,7-11H2,1-3H3/t18-,19+,20+,21-,22+,25-,26+/m0/s1. The van der Waals surface area contributed by atoms with E-state index in [-0.39, 0.29) is 23.2 Å². The molecule has 34 heavy (non-hydrogen) atoms. The van der Waals surface area contributed by atoms with Crippen LogP contribution in [0.25, 0.3) is 0 Å². The summed E-state index contributed by atoms with van der Waals surface area (Å²) in [6, 6.07) is 4.22. The molecule has 5 rings (SSSR count). The van der Waals surface area contributed by atoms with Gasteiger partial charge in [-0.15, -0.1) is 0 Å². The molecule has 1 fully saturated rings. The van der Waals surface area contributed by atoms with Gasteiger partial charge >= 0.3 is 5.97 Å². The van der Waals surface area contributed by atoms with E-state index in [1.165, 1.54) is 5.56 Å². The van der Waals surface area contributed by atoms with Crippen LogP contribution in [0.1, 0.15) is 62.6 Å². The van der Waals surface area contributed by atoms with E-state index in [0.29, 0.717) is 18.8 Å². The van der Waals surface area contributed by atoms with E-state index in [9.17, 15) is 25.2 Å². The number of aliphatic hydroxyl groups is 4. The van der Waals surface area contributed by atoms with Crippen molar-refractivity contribution in [1.82, 2.24) is 0 Å². The Bertz CT molecular complexity index is 1010. The van der Waals surface area contributed by atoms with Gasteiger partial charge in [-0.3, -0.25) is 0 Å². The first-order chi connectivity index (χ1) is 16.2. The molecular weight excluding hydrogens is 440 g/mol. The maximum absolute atomic E-state index is 12.2. The first kappa shape index (κ1) is 23.8. The smallest absolute Gasteiger partial charge is 0.334 e. The highest BCUT2D eigenvalue weighted by Crippen LogP contribution is 2.55. The molecule has 0 aromatic heterocycles. The summed E-state index contributed by atoms with van der Waals surface area (Å²) in [6.45, 7) is 6.24. The Morgan fingerprint density at radius 2 is 1.91 bits per heavy atom. The van der Waals surface area contributed by atoms with Gasteiger partial charge in [0.2, 0.25) is 6.29 Å². The maximum Gasteiger partial charge on any atom is 0.334 e. The molecule has 186 valence electrons. The fourth-order valence-corrected chi connectivity index (χ4v) is 6.37. The molecule has 0 unspecified atom stereocenters. The number of ether oxygens (including phenoxy) is 3. The van der Waals surface area contributed by atoms with Crippen molar-refractivity contribution in [2.24, 2.45) is 5.92 Å². The highest BCUT2D eigenvalue weighted by atomic mass is 16.7. The minimum atomic E-state index is -1.50. The molecular formula is C26H34O8. The molecule has 8 nitrogen and oxygen atoms in total. The number of carbonyl (C=O) groups is 1. The average Bonchev–Trinajstić information content (AvgIpc) is 3.19. The molecule has 0 saturated carbocycles. The second kappa shape index (κ2) is 8.60. The Kier molecular flexibility index (Phi) is 6.01. The van der Waals surface area contributed by atoms with Crippen LogP contribution in [0.5, 0.6) is 5.75 Å². The minimum absolute atomic E-state index is 0.136. The van der Waals surface area contributed by atoms with Gasteiger partial charge in [0.1, 0.15) is 36.8 Å². The number of rotatable bonds is 4. The molecule has 4 aliphatic rings. The molecule has 2 heterocycles. The summed E-state index contributed by atoms with van der Waals surface area (Å²) in [6.07, 6.45) is -3.56.